The number of carbonyl (C=O) groups is 1. The quantitative estimate of drug-likeness (QED) is 0.148. The third-order valence-electron chi connectivity index (χ3n) is 6.93. The number of halogens is 1. The third-order valence-corrected chi connectivity index (χ3v) is 6.93. The number of anilines is 2. The van der Waals surface area contributed by atoms with Gasteiger partial charge in [-0.2, -0.15) is 5.10 Å². The van der Waals surface area contributed by atoms with Gasteiger partial charge in [-0.3, -0.25) is 4.79 Å². The molecular weight excluding hydrogens is 551 g/mol. The zero-order chi connectivity index (χ0) is 28.6. The average molecular weight is 589 g/mol. The minimum atomic E-state index is -1.13. The van der Waals surface area contributed by atoms with Crippen LogP contribution in [0, 0.1) is 5.82 Å². The minimum absolute atomic E-state index is 0. The van der Waals surface area contributed by atoms with Gasteiger partial charge in [0.05, 0.1) is 35.7 Å². The summed E-state index contributed by atoms with van der Waals surface area (Å²) in [5.41, 5.74) is 5.00. The Hall–Kier alpha value is -2.82. The summed E-state index contributed by atoms with van der Waals surface area (Å²) in [7, 11) is 0. The van der Waals surface area contributed by atoms with Gasteiger partial charge in [0.2, 0.25) is 0 Å². The third kappa shape index (κ3) is 8.83. The van der Waals surface area contributed by atoms with Crippen LogP contribution < -0.4 is 5.32 Å². The molecule has 4 N–H and O–H groups in total. The standard InChI is InChI=1S/C31H35FN4O4.Ca.2H/c1-3-20(2)30-27(14-13-25(37)18-26(38)19-29(39)40)31(21-9-11-22(32)12-10-21)36(35-30)24-15-16-33-28(17-24)34-23-7-5-4-6-8-23;;;/h4-12,15-17,20,25-26,37-38H,3,13-14,18-19H2,1-2H3,(H,33,34)(H,39,40);;;/q;+2;2*-1/t20?,25-,26-;;;/m1.../s1. The van der Waals surface area contributed by atoms with E-state index in [0.717, 1.165) is 40.3 Å². The average Bonchev–Trinajstić information content (AvgIpc) is 3.31. The van der Waals surface area contributed by atoms with Crippen molar-refractivity contribution in [1.29, 1.82) is 0 Å². The van der Waals surface area contributed by atoms with E-state index in [4.69, 9.17) is 10.2 Å². The van der Waals surface area contributed by atoms with E-state index >= 15 is 0 Å². The van der Waals surface area contributed by atoms with Crippen LogP contribution in [0.1, 0.15) is 59.6 Å². The number of hydrogen-bond donors (Lipinski definition) is 4. The number of para-hydroxylation sites is 1. The van der Waals surface area contributed by atoms with Crippen LogP contribution in [0.4, 0.5) is 15.9 Å². The van der Waals surface area contributed by atoms with Crippen molar-refractivity contribution in [1.82, 2.24) is 14.8 Å². The van der Waals surface area contributed by atoms with Crippen LogP contribution in [-0.4, -0.2) is 86.0 Å². The molecule has 0 saturated carbocycles. The van der Waals surface area contributed by atoms with Gasteiger partial charge in [0.1, 0.15) is 11.6 Å². The molecule has 4 aromatic rings. The van der Waals surface area contributed by atoms with Crippen LogP contribution in [0.5, 0.6) is 0 Å². The fourth-order valence-electron chi connectivity index (χ4n) is 4.71. The number of carboxylic acids is 1. The minimum Gasteiger partial charge on any atom is -1.00 e. The molecule has 2 aromatic carbocycles. The number of aromatic nitrogens is 3. The molecule has 0 spiro atoms. The molecule has 0 saturated heterocycles. The summed E-state index contributed by atoms with van der Waals surface area (Å²) in [5, 5.41) is 37.9. The second kappa shape index (κ2) is 15.4. The number of aliphatic hydroxyl groups excluding tert-OH is 2. The Kier molecular flexibility index (Phi) is 12.3. The topological polar surface area (TPSA) is 121 Å². The molecule has 3 atom stereocenters. The summed E-state index contributed by atoms with van der Waals surface area (Å²) >= 11 is 0. The van der Waals surface area contributed by atoms with Gasteiger partial charge in [-0.15, -0.1) is 0 Å². The SMILES string of the molecule is CCC(C)c1nn(-c2ccnc(Nc3ccccc3)c2)c(-c2ccc(F)cc2)c1CC[C@@H](O)C[C@@H](O)CC(=O)O.[Ca+2].[H-].[H-]. The van der Waals surface area contributed by atoms with Crippen molar-refractivity contribution in [2.24, 2.45) is 0 Å². The van der Waals surface area contributed by atoms with E-state index in [1.54, 1.807) is 18.3 Å². The first-order chi connectivity index (χ1) is 19.2. The summed E-state index contributed by atoms with van der Waals surface area (Å²) < 4.78 is 15.7. The Morgan fingerprint density at radius 1 is 1.07 bits per heavy atom. The van der Waals surface area contributed by atoms with E-state index < -0.39 is 24.6 Å². The summed E-state index contributed by atoms with van der Waals surface area (Å²) in [5.74, 6) is -0.718. The normalized spacial score (nSPS) is 13.2. The first-order valence-electron chi connectivity index (χ1n) is 13.5. The Labute approximate surface area is 272 Å². The van der Waals surface area contributed by atoms with Crippen LogP contribution in [0.25, 0.3) is 16.9 Å². The zero-order valence-corrected chi connectivity index (χ0v) is 25.6. The number of aliphatic hydroxyl groups is 2. The maximum Gasteiger partial charge on any atom is 2.00 e. The summed E-state index contributed by atoms with van der Waals surface area (Å²) in [6.45, 7) is 4.17. The van der Waals surface area contributed by atoms with Crippen LogP contribution >= 0.6 is 0 Å². The van der Waals surface area contributed by atoms with Crippen LogP contribution in [0.2, 0.25) is 0 Å². The molecule has 8 nitrogen and oxygen atoms in total. The van der Waals surface area contributed by atoms with Gasteiger partial charge in [-0.25, -0.2) is 14.1 Å². The molecule has 0 bridgehead atoms. The van der Waals surface area contributed by atoms with Crippen molar-refractivity contribution < 1.29 is 27.4 Å². The maximum atomic E-state index is 13.9. The smallest absolute Gasteiger partial charge is 1.00 e. The van der Waals surface area contributed by atoms with Crippen LogP contribution in [0.3, 0.4) is 0 Å². The molecule has 0 fully saturated rings. The van der Waals surface area contributed by atoms with Crippen molar-refractivity contribution >= 4 is 55.2 Å². The Balaban J connectivity index is 0.00000308. The van der Waals surface area contributed by atoms with E-state index in [-0.39, 0.29) is 58.7 Å². The molecule has 0 aliphatic rings. The van der Waals surface area contributed by atoms with Gasteiger partial charge in [-0.1, -0.05) is 32.0 Å². The van der Waals surface area contributed by atoms with E-state index in [0.29, 0.717) is 18.7 Å². The molecule has 214 valence electrons. The van der Waals surface area contributed by atoms with E-state index in [1.807, 2.05) is 47.1 Å². The van der Waals surface area contributed by atoms with Gasteiger partial charge in [0, 0.05) is 35.0 Å². The number of nitrogens with zero attached hydrogens (tertiary/aromatic N) is 3. The zero-order valence-electron chi connectivity index (χ0n) is 25.4. The second-order valence-corrected chi connectivity index (χ2v) is 10.0. The van der Waals surface area contributed by atoms with Gasteiger partial charge in [0.15, 0.2) is 0 Å². The predicted octanol–water partition coefficient (Wildman–Crippen LogP) is 5.69. The number of aliphatic carboxylic acids is 1. The molecule has 0 aliphatic carbocycles. The largest absolute Gasteiger partial charge is 2.00 e. The van der Waals surface area contributed by atoms with Gasteiger partial charge in [-0.05, 0) is 68.1 Å². The molecule has 0 amide bonds. The van der Waals surface area contributed by atoms with Gasteiger partial charge < -0.3 is 23.5 Å². The first kappa shape index (κ1) is 32.7. The summed E-state index contributed by atoms with van der Waals surface area (Å²) in [6, 6.07) is 19.7. The van der Waals surface area contributed by atoms with Crippen molar-refractivity contribution in [3.05, 3.63) is 90.0 Å². The maximum absolute atomic E-state index is 13.9. The fourth-order valence-corrected chi connectivity index (χ4v) is 4.71. The fraction of sp³-hybridized carbons (Fsp3) is 0.323. The second-order valence-electron chi connectivity index (χ2n) is 10.0. The molecule has 10 heteroatoms. The monoisotopic (exact) mass is 588 g/mol. The molecule has 4 rings (SSSR count). The van der Waals surface area contributed by atoms with Crippen molar-refractivity contribution in [2.45, 2.75) is 64.1 Å². The number of carboxylic acid groups (broad SMARTS) is 1. The molecule has 0 aliphatic heterocycles. The van der Waals surface area contributed by atoms with Crippen LogP contribution in [-0.2, 0) is 11.2 Å². The summed E-state index contributed by atoms with van der Waals surface area (Å²) in [4.78, 5) is 15.4. The van der Waals surface area contributed by atoms with E-state index in [1.165, 1.54) is 12.1 Å². The number of rotatable bonds is 13. The van der Waals surface area contributed by atoms with Crippen molar-refractivity contribution in [2.75, 3.05) is 5.32 Å². The van der Waals surface area contributed by atoms with E-state index in [2.05, 4.69) is 24.1 Å². The summed E-state index contributed by atoms with van der Waals surface area (Å²) in [6.07, 6.45) is 0.792. The Morgan fingerprint density at radius 3 is 2.44 bits per heavy atom. The Morgan fingerprint density at radius 2 is 1.78 bits per heavy atom. The predicted molar refractivity (Wildman–Crippen MR) is 160 cm³/mol. The van der Waals surface area contributed by atoms with Gasteiger partial charge >= 0.3 is 43.7 Å². The van der Waals surface area contributed by atoms with Crippen molar-refractivity contribution in [3.8, 4) is 16.9 Å². The number of pyridine rings is 1. The molecule has 2 heterocycles. The van der Waals surface area contributed by atoms with Gasteiger partial charge in [0.25, 0.3) is 0 Å². The molecule has 1 unspecified atom stereocenters. The molecule has 41 heavy (non-hydrogen) atoms. The van der Waals surface area contributed by atoms with Crippen molar-refractivity contribution in [3.63, 3.8) is 0 Å². The number of benzene rings is 2. The first-order valence-corrected chi connectivity index (χ1v) is 13.5. The number of nitrogens with one attached hydrogen (secondary N) is 1. The Bertz CT molecular complexity index is 1430. The molecular formula is C31H37CaFN4O4. The molecule has 2 aromatic heterocycles. The van der Waals surface area contributed by atoms with Crippen LogP contribution in [0.15, 0.2) is 72.9 Å². The van der Waals surface area contributed by atoms with E-state index in [9.17, 15) is 19.4 Å². The number of hydrogen-bond acceptors (Lipinski definition) is 6. The molecule has 0 radical (unpaired) electrons.